The number of rotatable bonds is 15. The molecule has 1 aromatic heterocycles. The van der Waals surface area contributed by atoms with Crippen LogP contribution in [-0.2, 0) is 35.6 Å². The zero-order valence-corrected chi connectivity index (χ0v) is 30.4. The van der Waals surface area contributed by atoms with E-state index in [4.69, 9.17) is 28.4 Å². The van der Waals surface area contributed by atoms with E-state index in [0.717, 1.165) is 28.2 Å². The maximum absolute atomic E-state index is 14.4. The molecule has 10 nitrogen and oxygen atoms in total. The Morgan fingerprint density at radius 2 is 1.34 bits per heavy atom. The van der Waals surface area contributed by atoms with E-state index in [1.165, 1.54) is 22.1 Å². The predicted molar refractivity (Wildman–Crippen MR) is 211 cm³/mol. The van der Waals surface area contributed by atoms with E-state index in [-0.39, 0.29) is 35.0 Å². The van der Waals surface area contributed by atoms with Crippen LogP contribution in [0.3, 0.4) is 0 Å². The van der Waals surface area contributed by atoms with E-state index >= 15 is 0 Å². The number of anilines is 3. The molecule has 53 heavy (non-hydrogen) atoms. The maximum Gasteiger partial charge on any atom is 0.339 e. The third-order valence-electron chi connectivity index (χ3n) is 8.53. The topological polar surface area (TPSA) is 148 Å². The summed E-state index contributed by atoms with van der Waals surface area (Å²) in [4.78, 5) is 44.9. The van der Waals surface area contributed by atoms with Crippen LogP contribution in [0.25, 0.3) is 0 Å². The molecule has 268 valence electrons. The summed E-state index contributed by atoms with van der Waals surface area (Å²) in [6, 6.07) is 41.2. The van der Waals surface area contributed by atoms with Crippen LogP contribution in [0, 0.1) is 3.95 Å². The molecule has 0 fully saturated rings. The lowest BCUT2D eigenvalue weighted by Gasteiger charge is -2.26. The van der Waals surface area contributed by atoms with Gasteiger partial charge in [-0.3, -0.25) is 19.6 Å². The van der Waals surface area contributed by atoms with Crippen molar-refractivity contribution in [1.82, 2.24) is 10.2 Å². The monoisotopic (exact) mass is 742 g/mol. The van der Waals surface area contributed by atoms with Crippen molar-refractivity contribution in [2.24, 2.45) is 11.5 Å². The van der Waals surface area contributed by atoms with Crippen molar-refractivity contribution in [3.05, 3.63) is 171 Å². The van der Waals surface area contributed by atoms with Crippen LogP contribution in [0.15, 0.2) is 133 Å². The van der Waals surface area contributed by atoms with Crippen LogP contribution in [0.4, 0.5) is 16.5 Å². The summed E-state index contributed by atoms with van der Waals surface area (Å²) in [6.07, 6.45) is 0.162. The lowest BCUT2D eigenvalue weighted by molar-refractivity contribution is -0.116. The molecule has 0 radical (unpaired) electrons. The molecule has 1 heterocycles. The fourth-order valence-corrected chi connectivity index (χ4v) is 6.84. The van der Waals surface area contributed by atoms with Gasteiger partial charge in [0.15, 0.2) is 9.74 Å². The molecule has 1 atom stereocenters. The highest BCUT2D eigenvalue weighted by atomic mass is 32.1. The van der Waals surface area contributed by atoms with Crippen molar-refractivity contribution >= 4 is 57.7 Å². The van der Waals surface area contributed by atoms with Crippen LogP contribution in [0.2, 0.25) is 0 Å². The van der Waals surface area contributed by atoms with Crippen LogP contribution in [0.1, 0.15) is 43.0 Å². The summed E-state index contributed by atoms with van der Waals surface area (Å²) in [7, 11) is 0. The number of benzene rings is 5. The van der Waals surface area contributed by atoms with Crippen LogP contribution < -0.4 is 21.3 Å². The number of H-pyrrole nitrogens is 1. The van der Waals surface area contributed by atoms with Gasteiger partial charge in [0.25, 0.3) is 0 Å². The molecule has 6 rings (SSSR count). The van der Waals surface area contributed by atoms with E-state index in [1.807, 2.05) is 91.0 Å². The van der Waals surface area contributed by atoms with Gasteiger partial charge in [-0.2, -0.15) is 0 Å². The average molecular weight is 743 g/mol. The Morgan fingerprint density at radius 1 is 0.755 bits per heavy atom. The molecule has 12 heteroatoms. The van der Waals surface area contributed by atoms with E-state index < -0.39 is 30.2 Å². The number of nitrogens with one attached hydrogen (secondary N) is 1. The molecule has 6 aromatic rings. The Morgan fingerprint density at radius 3 is 1.89 bits per heavy atom. The van der Waals surface area contributed by atoms with Crippen molar-refractivity contribution in [2.75, 3.05) is 16.3 Å². The number of esters is 1. The summed E-state index contributed by atoms with van der Waals surface area (Å²) in [6.45, 7) is 0.990. The number of Topliss-reactive ketones (excluding diaryl/α,β-unsaturated/α-hetero) is 1. The summed E-state index contributed by atoms with van der Waals surface area (Å²) in [5.74, 6) is -1.87. The van der Waals surface area contributed by atoms with Crippen molar-refractivity contribution < 1.29 is 19.1 Å². The van der Waals surface area contributed by atoms with Gasteiger partial charge in [-0.15, -0.1) is 5.10 Å². The largest absolute Gasteiger partial charge is 0.457 e. The van der Waals surface area contributed by atoms with Gasteiger partial charge in [-0.25, -0.2) is 4.79 Å². The molecule has 0 aliphatic carbocycles. The number of aromatic nitrogens is 2. The van der Waals surface area contributed by atoms with Crippen LogP contribution in [0.5, 0.6) is 0 Å². The lowest BCUT2D eigenvalue weighted by atomic mass is 9.93. The summed E-state index contributed by atoms with van der Waals surface area (Å²) in [5.41, 5.74) is 17.4. The smallest absolute Gasteiger partial charge is 0.339 e. The van der Waals surface area contributed by atoms with Crippen molar-refractivity contribution in [1.29, 1.82) is 0 Å². The maximum atomic E-state index is 14.4. The Bertz CT molecular complexity index is 2170. The molecule has 0 saturated carbocycles. The summed E-state index contributed by atoms with van der Waals surface area (Å²) < 4.78 is 5.97. The molecule has 0 saturated heterocycles. The fraction of sp³-hybridized carbons (Fsp3) is 0.146. The van der Waals surface area contributed by atoms with E-state index in [2.05, 4.69) is 39.4 Å². The molecule has 0 bridgehead atoms. The highest BCUT2D eigenvalue weighted by molar-refractivity contribution is 7.73. The van der Waals surface area contributed by atoms with Crippen molar-refractivity contribution in [3.8, 4) is 0 Å². The molecule has 0 aliphatic heterocycles. The molecule has 5 N–H and O–H groups in total. The fourth-order valence-electron chi connectivity index (χ4n) is 5.93. The summed E-state index contributed by atoms with van der Waals surface area (Å²) >= 11 is 6.26. The molecule has 0 unspecified atom stereocenters. The quantitative estimate of drug-likeness (QED) is 0.0568. The van der Waals surface area contributed by atoms with E-state index in [1.54, 1.807) is 12.1 Å². The normalized spacial score (nSPS) is 11.4. The van der Waals surface area contributed by atoms with Crippen molar-refractivity contribution in [3.63, 3.8) is 0 Å². The molecule has 1 amide bonds. The predicted octanol–water partition coefficient (Wildman–Crippen LogP) is 7.14. The van der Waals surface area contributed by atoms with Gasteiger partial charge in [0.2, 0.25) is 11.0 Å². The molecular formula is C41H38N6O4S2. The third-order valence-corrected chi connectivity index (χ3v) is 9.61. The van der Waals surface area contributed by atoms with Gasteiger partial charge in [0.05, 0.1) is 29.4 Å². The first-order valence-corrected chi connectivity index (χ1v) is 18.2. The Labute approximate surface area is 316 Å². The number of hydrogen-bond donors (Lipinski definition) is 3. The average Bonchev–Trinajstić information content (AvgIpc) is 3.63. The first kappa shape index (κ1) is 37.0. The second-order valence-electron chi connectivity index (χ2n) is 12.3. The molecule has 5 aromatic carbocycles. The number of amides is 1. The summed E-state index contributed by atoms with van der Waals surface area (Å²) in [5, 5.41) is 7.00. The van der Waals surface area contributed by atoms with Crippen LogP contribution >= 0.6 is 23.6 Å². The Balaban J connectivity index is 1.30. The highest BCUT2D eigenvalue weighted by Crippen LogP contribution is 2.34. The Hall–Kier alpha value is -5.79. The second-order valence-corrected chi connectivity index (χ2v) is 13.9. The number of nitrogens with two attached hydrogens (primary N) is 2. The van der Waals surface area contributed by atoms with Crippen LogP contribution in [-0.4, -0.2) is 40.4 Å². The number of hydrogen-bond acceptors (Lipinski definition) is 10. The number of nitrogens with zero attached hydrogens (tertiary/aromatic N) is 3. The standard InChI is InChI=1S/C41H38N6O4S2/c42-24-36(48)47(40-44-45-41(52)53-40)35-18-10-17-33(39(50)51-27-31-15-8-3-9-16-31)37(35)38(49)34(43)23-28-19-21-32(22-20-28)46(25-29-11-4-1-5-12-29)26-30-13-6-2-7-14-30/h1-22,34H,23-27,42-43H2,(H,45,52)/t34-/m0/s1. The molecule has 0 aliphatic rings. The first-order chi connectivity index (χ1) is 25.8. The molecular weight excluding hydrogens is 705 g/mol. The van der Waals surface area contributed by atoms with E-state index in [9.17, 15) is 14.4 Å². The number of carbonyl (C=O) groups excluding carboxylic acids is 3. The minimum atomic E-state index is -1.08. The minimum Gasteiger partial charge on any atom is -0.457 e. The number of ether oxygens (including phenoxy) is 1. The zero-order chi connectivity index (χ0) is 37.2. The van der Waals surface area contributed by atoms with Gasteiger partial charge in [0, 0.05) is 18.8 Å². The highest BCUT2D eigenvalue weighted by Gasteiger charge is 2.32. The van der Waals surface area contributed by atoms with E-state index in [0.29, 0.717) is 17.0 Å². The van der Waals surface area contributed by atoms with Gasteiger partial charge in [-0.05, 0) is 65.2 Å². The third kappa shape index (κ3) is 9.36. The molecule has 0 spiro atoms. The number of ketones is 1. The number of carbonyl (C=O) groups is 3. The minimum absolute atomic E-state index is 0.0201. The van der Waals surface area contributed by atoms with Gasteiger partial charge < -0.3 is 21.1 Å². The number of aromatic amines is 1. The first-order valence-electron chi connectivity index (χ1n) is 16.9. The zero-order valence-electron chi connectivity index (χ0n) is 28.8. The van der Waals surface area contributed by atoms with Gasteiger partial charge in [0.1, 0.15) is 6.61 Å². The van der Waals surface area contributed by atoms with Gasteiger partial charge >= 0.3 is 5.97 Å². The second kappa shape index (κ2) is 17.6. The Kier molecular flexibility index (Phi) is 12.3. The SMILES string of the molecule is NCC(=O)N(c1n[nH]c(=S)s1)c1cccc(C(=O)OCc2ccccc2)c1C(=O)[C@@H](N)Cc1ccc(N(Cc2ccccc2)Cc2ccccc2)cc1. The van der Waals surface area contributed by atoms with Gasteiger partial charge in [-0.1, -0.05) is 121 Å². The van der Waals surface area contributed by atoms with Crippen molar-refractivity contribution in [2.45, 2.75) is 32.2 Å². The lowest BCUT2D eigenvalue weighted by Crippen LogP contribution is -2.37.